The summed E-state index contributed by atoms with van der Waals surface area (Å²) in [5.41, 5.74) is 6.35. The van der Waals surface area contributed by atoms with Gasteiger partial charge in [0.15, 0.2) is 10.9 Å². The number of nitrogens with two attached hydrogens (primary N) is 1. The van der Waals surface area contributed by atoms with Crippen LogP contribution in [0.1, 0.15) is 6.92 Å². The highest BCUT2D eigenvalue weighted by molar-refractivity contribution is 7.99. The van der Waals surface area contributed by atoms with Gasteiger partial charge in [0.1, 0.15) is 0 Å². The number of hydrogen-bond acceptors (Lipinski definition) is 7. The Morgan fingerprint density at radius 3 is 2.71 bits per heavy atom. The summed E-state index contributed by atoms with van der Waals surface area (Å²) in [6.45, 7) is 2.15. The van der Waals surface area contributed by atoms with Gasteiger partial charge in [0.05, 0.1) is 5.75 Å². The summed E-state index contributed by atoms with van der Waals surface area (Å²) in [7, 11) is 0. The van der Waals surface area contributed by atoms with Crippen LogP contribution in [0.4, 0.5) is 10.5 Å². The molecule has 24 heavy (non-hydrogen) atoms. The first-order valence-electron chi connectivity index (χ1n) is 7.03. The van der Waals surface area contributed by atoms with Crippen LogP contribution in [0.3, 0.4) is 0 Å². The smallest absolute Gasteiger partial charge is 0.321 e. The minimum atomic E-state index is -0.572. The Balaban J connectivity index is 2.03. The van der Waals surface area contributed by atoms with Crippen molar-refractivity contribution < 1.29 is 9.59 Å². The standard InChI is InChI=1S/C14H16N6O3S/c1-2-16-13(23)17-10(21)7-24-14-18-12(22)11(19-20-14)8-5-3-4-6-9(8)15/h3-6H,2,7,15H2,1H3,(H,18,20,22)(H2,16,17,21,23). The van der Waals surface area contributed by atoms with Crippen molar-refractivity contribution in [2.24, 2.45) is 0 Å². The van der Waals surface area contributed by atoms with Crippen LogP contribution in [-0.4, -0.2) is 39.4 Å². The van der Waals surface area contributed by atoms with Gasteiger partial charge in [-0.3, -0.25) is 19.9 Å². The highest BCUT2D eigenvalue weighted by Gasteiger charge is 2.12. The fourth-order valence-electron chi connectivity index (χ4n) is 1.78. The lowest BCUT2D eigenvalue weighted by molar-refractivity contribution is -0.117. The molecular formula is C14H16N6O3S. The average Bonchev–Trinajstić information content (AvgIpc) is 2.54. The van der Waals surface area contributed by atoms with Gasteiger partial charge in [-0.2, -0.15) is 0 Å². The summed E-state index contributed by atoms with van der Waals surface area (Å²) in [6, 6.07) is 6.24. The second-order valence-corrected chi connectivity index (χ2v) is 5.56. The van der Waals surface area contributed by atoms with Crippen LogP contribution >= 0.6 is 11.8 Å². The van der Waals surface area contributed by atoms with Gasteiger partial charge in [-0.25, -0.2) is 4.79 Å². The van der Waals surface area contributed by atoms with Crippen LogP contribution < -0.4 is 21.9 Å². The number of carbonyl (C=O) groups excluding carboxylic acids is 2. The number of benzene rings is 1. The molecule has 1 aromatic heterocycles. The number of urea groups is 1. The number of carbonyl (C=O) groups is 2. The lowest BCUT2D eigenvalue weighted by atomic mass is 10.1. The Bertz CT molecular complexity index is 807. The van der Waals surface area contributed by atoms with Gasteiger partial charge in [-0.1, -0.05) is 30.0 Å². The molecule has 9 nitrogen and oxygen atoms in total. The van der Waals surface area contributed by atoms with E-state index in [0.29, 0.717) is 17.8 Å². The van der Waals surface area contributed by atoms with E-state index in [1.165, 1.54) is 0 Å². The van der Waals surface area contributed by atoms with Crippen LogP contribution in [0.2, 0.25) is 0 Å². The van der Waals surface area contributed by atoms with Gasteiger partial charge in [0, 0.05) is 17.8 Å². The molecule has 0 radical (unpaired) electrons. The highest BCUT2D eigenvalue weighted by atomic mass is 32.2. The number of thioether (sulfide) groups is 1. The number of rotatable bonds is 5. The first-order valence-corrected chi connectivity index (χ1v) is 8.02. The molecule has 0 fully saturated rings. The number of amides is 3. The molecule has 1 heterocycles. The van der Waals surface area contributed by atoms with E-state index in [-0.39, 0.29) is 16.6 Å². The maximum Gasteiger partial charge on any atom is 0.321 e. The van der Waals surface area contributed by atoms with Crippen molar-refractivity contribution in [2.45, 2.75) is 12.1 Å². The summed E-state index contributed by atoms with van der Waals surface area (Å²) >= 11 is 0.958. The summed E-state index contributed by atoms with van der Waals surface area (Å²) in [4.78, 5) is 37.4. The van der Waals surface area contributed by atoms with E-state index in [4.69, 9.17) is 5.73 Å². The minimum Gasteiger partial charge on any atom is -0.398 e. The molecule has 2 rings (SSSR count). The molecule has 1 aromatic carbocycles. The Kier molecular flexibility index (Phi) is 5.90. The number of anilines is 1. The van der Waals surface area contributed by atoms with Gasteiger partial charge in [0.2, 0.25) is 5.91 Å². The largest absolute Gasteiger partial charge is 0.398 e. The molecule has 0 aliphatic rings. The summed E-state index contributed by atoms with van der Waals surface area (Å²) in [6.07, 6.45) is 0. The Labute approximate surface area is 141 Å². The normalized spacial score (nSPS) is 10.2. The molecular weight excluding hydrogens is 332 g/mol. The summed E-state index contributed by atoms with van der Waals surface area (Å²) in [5, 5.41) is 12.5. The monoisotopic (exact) mass is 348 g/mol. The predicted octanol–water partition coefficient (Wildman–Crippen LogP) is 0.352. The molecule has 2 aromatic rings. The lowest BCUT2D eigenvalue weighted by Crippen LogP contribution is -2.40. The van der Waals surface area contributed by atoms with E-state index < -0.39 is 17.5 Å². The Morgan fingerprint density at radius 2 is 2.04 bits per heavy atom. The Hall–Kier alpha value is -2.88. The molecule has 5 N–H and O–H groups in total. The summed E-state index contributed by atoms with van der Waals surface area (Å²) < 4.78 is 0. The summed E-state index contributed by atoms with van der Waals surface area (Å²) in [5.74, 6) is -0.598. The Morgan fingerprint density at radius 1 is 1.29 bits per heavy atom. The van der Waals surface area contributed by atoms with Crippen molar-refractivity contribution in [3.8, 4) is 11.3 Å². The number of aromatic amines is 1. The molecule has 0 unspecified atom stereocenters. The molecule has 0 spiro atoms. The van der Waals surface area contributed by atoms with Crippen molar-refractivity contribution in [2.75, 3.05) is 18.0 Å². The van der Waals surface area contributed by atoms with Crippen molar-refractivity contribution in [1.82, 2.24) is 25.8 Å². The van der Waals surface area contributed by atoms with Crippen LogP contribution in [0, 0.1) is 0 Å². The number of H-pyrrole nitrogens is 1. The van der Waals surface area contributed by atoms with Gasteiger partial charge in [0.25, 0.3) is 5.56 Å². The number of nitrogens with zero attached hydrogens (tertiary/aromatic N) is 2. The van der Waals surface area contributed by atoms with E-state index in [2.05, 4.69) is 25.8 Å². The molecule has 3 amide bonds. The zero-order chi connectivity index (χ0) is 17.5. The van der Waals surface area contributed by atoms with E-state index in [1.807, 2.05) is 0 Å². The number of nitrogens with one attached hydrogen (secondary N) is 3. The van der Waals surface area contributed by atoms with Gasteiger partial charge in [-0.05, 0) is 13.0 Å². The first kappa shape index (κ1) is 17.5. The van der Waals surface area contributed by atoms with Crippen molar-refractivity contribution >= 4 is 29.4 Å². The number of para-hydroxylation sites is 1. The van der Waals surface area contributed by atoms with Crippen molar-refractivity contribution in [3.63, 3.8) is 0 Å². The average molecular weight is 348 g/mol. The molecule has 10 heteroatoms. The number of hydrogen-bond donors (Lipinski definition) is 4. The molecule has 126 valence electrons. The molecule has 0 bridgehead atoms. The third-order valence-corrected chi connectivity index (χ3v) is 3.69. The minimum absolute atomic E-state index is 0.0887. The zero-order valence-electron chi connectivity index (χ0n) is 12.8. The molecule has 0 aliphatic carbocycles. The fourth-order valence-corrected chi connectivity index (χ4v) is 2.38. The van der Waals surface area contributed by atoms with Crippen LogP contribution in [-0.2, 0) is 4.79 Å². The zero-order valence-corrected chi connectivity index (χ0v) is 13.6. The van der Waals surface area contributed by atoms with E-state index in [0.717, 1.165) is 11.8 Å². The lowest BCUT2D eigenvalue weighted by Gasteiger charge is -2.05. The van der Waals surface area contributed by atoms with Crippen LogP contribution in [0.25, 0.3) is 11.3 Å². The molecule has 0 saturated heterocycles. The van der Waals surface area contributed by atoms with E-state index in [9.17, 15) is 14.4 Å². The highest BCUT2D eigenvalue weighted by Crippen LogP contribution is 2.20. The number of imide groups is 1. The quantitative estimate of drug-likeness (QED) is 0.451. The van der Waals surface area contributed by atoms with Crippen LogP contribution in [0.15, 0.2) is 34.2 Å². The maximum absolute atomic E-state index is 12.1. The number of aromatic nitrogens is 3. The second kappa shape index (κ2) is 8.11. The fraction of sp³-hybridized carbons (Fsp3) is 0.214. The van der Waals surface area contributed by atoms with E-state index in [1.54, 1.807) is 31.2 Å². The predicted molar refractivity (Wildman–Crippen MR) is 90.4 cm³/mol. The van der Waals surface area contributed by atoms with Gasteiger partial charge in [-0.15, -0.1) is 10.2 Å². The van der Waals surface area contributed by atoms with Gasteiger partial charge >= 0.3 is 6.03 Å². The van der Waals surface area contributed by atoms with Crippen LogP contribution in [0.5, 0.6) is 0 Å². The second-order valence-electron chi connectivity index (χ2n) is 4.59. The molecule has 0 aliphatic heterocycles. The first-order chi connectivity index (χ1) is 11.5. The maximum atomic E-state index is 12.1. The molecule has 0 atom stereocenters. The van der Waals surface area contributed by atoms with Crippen molar-refractivity contribution in [3.05, 3.63) is 34.6 Å². The SMILES string of the molecule is CCNC(=O)NC(=O)CSc1nnc(-c2ccccc2N)c(=O)[nH]1. The van der Waals surface area contributed by atoms with E-state index >= 15 is 0 Å². The number of nitrogen functional groups attached to an aromatic ring is 1. The van der Waals surface area contributed by atoms with Crippen molar-refractivity contribution in [1.29, 1.82) is 0 Å². The molecule has 0 saturated carbocycles. The third kappa shape index (κ3) is 4.56. The third-order valence-electron chi connectivity index (χ3n) is 2.82. The topological polar surface area (TPSA) is 143 Å². The van der Waals surface area contributed by atoms with Gasteiger partial charge < -0.3 is 11.1 Å².